The van der Waals surface area contributed by atoms with Gasteiger partial charge in [-0.2, -0.15) is 0 Å². The summed E-state index contributed by atoms with van der Waals surface area (Å²) >= 11 is 0. The standard InChI is InChI=1S/C11H14N2O2/c1-7(14)13-10-6-8(15)2-3-9(10)11(12)4-5-11/h2-3,6,15H,4-5,12H2,1H3,(H,13,14). The number of carbonyl (C=O) groups is 1. The van der Waals surface area contributed by atoms with E-state index >= 15 is 0 Å². The average molecular weight is 206 g/mol. The molecule has 4 nitrogen and oxygen atoms in total. The van der Waals surface area contributed by atoms with Crippen molar-refractivity contribution in [2.24, 2.45) is 5.73 Å². The van der Waals surface area contributed by atoms with E-state index in [1.807, 2.05) is 0 Å². The highest BCUT2D eigenvalue weighted by Crippen LogP contribution is 2.46. The highest BCUT2D eigenvalue weighted by Gasteiger charge is 2.41. The molecule has 4 heteroatoms. The third-order valence-corrected chi connectivity index (χ3v) is 2.64. The van der Waals surface area contributed by atoms with Crippen LogP contribution in [-0.2, 0) is 10.3 Å². The Kier molecular flexibility index (Phi) is 2.16. The number of phenolic OH excluding ortho intramolecular Hbond substituents is 1. The molecular formula is C11H14N2O2. The normalized spacial score (nSPS) is 17.2. The number of hydrogen-bond donors (Lipinski definition) is 3. The highest BCUT2D eigenvalue weighted by molar-refractivity contribution is 5.90. The van der Waals surface area contributed by atoms with E-state index in [4.69, 9.17) is 5.73 Å². The topological polar surface area (TPSA) is 75.3 Å². The van der Waals surface area contributed by atoms with E-state index in [9.17, 15) is 9.90 Å². The quantitative estimate of drug-likeness (QED) is 0.682. The van der Waals surface area contributed by atoms with E-state index < -0.39 is 0 Å². The summed E-state index contributed by atoms with van der Waals surface area (Å²) in [7, 11) is 0. The molecule has 0 heterocycles. The van der Waals surface area contributed by atoms with Gasteiger partial charge in [-0.05, 0) is 24.5 Å². The van der Waals surface area contributed by atoms with E-state index in [1.54, 1.807) is 12.1 Å². The van der Waals surface area contributed by atoms with Gasteiger partial charge in [0.1, 0.15) is 5.75 Å². The zero-order valence-corrected chi connectivity index (χ0v) is 8.58. The average Bonchev–Trinajstić information content (AvgIpc) is 2.83. The molecule has 80 valence electrons. The highest BCUT2D eigenvalue weighted by atomic mass is 16.3. The van der Waals surface area contributed by atoms with Crippen LogP contribution in [0.25, 0.3) is 0 Å². The molecule has 1 aromatic carbocycles. The van der Waals surface area contributed by atoms with Gasteiger partial charge in [-0.1, -0.05) is 6.07 Å². The fourth-order valence-corrected chi connectivity index (χ4v) is 1.66. The number of nitrogens with one attached hydrogen (secondary N) is 1. The fraction of sp³-hybridized carbons (Fsp3) is 0.364. The van der Waals surface area contributed by atoms with Gasteiger partial charge in [-0.15, -0.1) is 0 Å². The van der Waals surface area contributed by atoms with Gasteiger partial charge in [0.25, 0.3) is 0 Å². The minimum absolute atomic E-state index is 0.131. The van der Waals surface area contributed by atoms with Crippen LogP contribution in [0.3, 0.4) is 0 Å². The number of carbonyl (C=O) groups excluding carboxylic acids is 1. The second-order valence-corrected chi connectivity index (χ2v) is 4.07. The Hall–Kier alpha value is -1.55. The maximum atomic E-state index is 11.0. The first-order chi connectivity index (χ1) is 7.01. The predicted octanol–water partition coefficient (Wildman–Crippen LogP) is 1.30. The van der Waals surface area contributed by atoms with Crippen molar-refractivity contribution in [2.75, 3.05) is 5.32 Å². The smallest absolute Gasteiger partial charge is 0.221 e. The Morgan fingerprint density at radius 2 is 2.20 bits per heavy atom. The van der Waals surface area contributed by atoms with E-state index in [0.717, 1.165) is 18.4 Å². The van der Waals surface area contributed by atoms with Crippen molar-refractivity contribution in [3.8, 4) is 5.75 Å². The molecule has 0 radical (unpaired) electrons. The summed E-state index contributed by atoms with van der Waals surface area (Å²) in [6.45, 7) is 1.43. The monoisotopic (exact) mass is 206 g/mol. The van der Waals surface area contributed by atoms with Gasteiger partial charge < -0.3 is 16.2 Å². The van der Waals surface area contributed by atoms with Gasteiger partial charge in [0.15, 0.2) is 0 Å². The Morgan fingerprint density at radius 1 is 1.53 bits per heavy atom. The van der Waals surface area contributed by atoms with Gasteiger partial charge >= 0.3 is 0 Å². The van der Waals surface area contributed by atoms with Gasteiger partial charge in [-0.3, -0.25) is 4.79 Å². The molecule has 4 N–H and O–H groups in total. The molecule has 0 spiro atoms. The Labute approximate surface area is 88.1 Å². The zero-order chi connectivity index (χ0) is 11.1. The van der Waals surface area contributed by atoms with E-state index in [1.165, 1.54) is 13.0 Å². The Bertz CT molecular complexity index is 411. The maximum Gasteiger partial charge on any atom is 0.221 e. The van der Waals surface area contributed by atoms with E-state index in [2.05, 4.69) is 5.32 Å². The third kappa shape index (κ3) is 1.94. The summed E-state index contributed by atoms with van der Waals surface area (Å²) in [5, 5.41) is 12.0. The lowest BCUT2D eigenvalue weighted by molar-refractivity contribution is -0.114. The molecule has 2 rings (SSSR count). The SMILES string of the molecule is CC(=O)Nc1cc(O)ccc1C1(N)CC1. The summed E-state index contributed by atoms with van der Waals surface area (Å²) in [6.07, 6.45) is 1.84. The minimum atomic E-state index is -0.314. The largest absolute Gasteiger partial charge is 0.508 e. The number of amides is 1. The summed E-state index contributed by atoms with van der Waals surface area (Å²) in [6, 6.07) is 4.89. The third-order valence-electron chi connectivity index (χ3n) is 2.64. The maximum absolute atomic E-state index is 11.0. The molecule has 0 atom stereocenters. The Morgan fingerprint density at radius 3 is 2.73 bits per heavy atom. The van der Waals surface area contributed by atoms with Crippen molar-refractivity contribution in [1.29, 1.82) is 0 Å². The van der Waals surface area contributed by atoms with Crippen molar-refractivity contribution >= 4 is 11.6 Å². The second-order valence-electron chi connectivity index (χ2n) is 4.07. The second kappa shape index (κ2) is 3.24. The van der Waals surface area contributed by atoms with Crippen LogP contribution in [0.5, 0.6) is 5.75 Å². The molecule has 1 aliphatic rings. The summed E-state index contributed by atoms with van der Waals surface area (Å²) in [5.74, 6) is -0.0298. The van der Waals surface area contributed by atoms with Crippen molar-refractivity contribution < 1.29 is 9.90 Å². The predicted molar refractivity (Wildman–Crippen MR) is 57.5 cm³/mol. The van der Waals surface area contributed by atoms with Crippen LogP contribution in [0.1, 0.15) is 25.3 Å². The van der Waals surface area contributed by atoms with Crippen molar-refractivity contribution in [3.63, 3.8) is 0 Å². The van der Waals surface area contributed by atoms with Crippen LogP contribution >= 0.6 is 0 Å². The molecule has 0 bridgehead atoms. The van der Waals surface area contributed by atoms with E-state index in [0.29, 0.717) is 5.69 Å². The molecule has 1 aromatic rings. The van der Waals surface area contributed by atoms with Crippen LogP contribution in [0, 0.1) is 0 Å². The molecule has 15 heavy (non-hydrogen) atoms. The van der Waals surface area contributed by atoms with Gasteiger partial charge in [0, 0.05) is 24.2 Å². The molecule has 0 unspecified atom stereocenters. The van der Waals surface area contributed by atoms with Gasteiger partial charge in [0.05, 0.1) is 0 Å². The lowest BCUT2D eigenvalue weighted by Gasteiger charge is -2.15. The fourth-order valence-electron chi connectivity index (χ4n) is 1.66. The van der Waals surface area contributed by atoms with Gasteiger partial charge in [0.2, 0.25) is 5.91 Å². The molecule has 1 fully saturated rings. The lowest BCUT2D eigenvalue weighted by atomic mass is 10.0. The van der Waals surface area contributed by atoms with Crippen LogP contribution in [0.15, 0.2) is 18.2 Å². The molecule has 0 saturated heterocycles. The van der Waals surface area contributed by atoms with Crippen molar-refractivity contribution in [2.45, 2.75) is 25.3 Å². The number of aromatic hydroxyl groups is 1. The number of nitrogens with two attached hydrogens (primary N) is 1. The molecule has 0 aromatic heterocycles. The number of benzene rings is 1. The van der Waals surface area contributed by atoms with Crippen molar-refractivity contribution in [1.82, 2.24) is 0 Å². The van der Waals surface area contributed by atoms with Gasteiger partial charge in [-0.25, -0.2) is 0 Å². The summed E-state index contributed by atoms with van der Waals surface area (Å²) in [5.41, 5.74) is 7.26. The number of hydrogen-bond acceptors (Lipinski definition) is 3. The number of phenols is 1. The van der Waals surface area contributed by atoms with Crippen LogP contribution < -0.4 is 11.1 Å². The zero-order valence-electron chi connectivity index (χ0n) is 8.58. The first-order valence-electron chi connectivity index (χ1n) is 4.91. The summed E-state index contributed by atoms with van der Waals surface area (Å²) < 4.78 is 0. The number of anilines is 1. The van der Waals surface area contributed by atoms with Crippen molar-refractivity contribution in [3.05, 3.63) is 23.8 Å². The first kappa shape index (κ1) is 9.98. The first-order valence-corrected chi connectivity index (χ1v) is 4.91. The van der Waals surface area contributed by atoms with Crippen LogP contribution in [-0.4, -0.2) is 11.0 Å². The number of rotatable bonds is 2. The van der Waals surface area contributed by atoms with Crippen LogP contribution in [0.2, 0.25) is 0 Å². The molecule has 1 aliphatic carbocycles. The van der Waals surface area contributed by atoms with Crippen LogP contribution in [0.4, 0.5) is 5.69 Å². The lowest BCUT2D eigenvalue weighted by Crippen LogP contribution is -2.21. The molecule has 1 amide bonds. The molecular weight excluding hydrogens is 192 g/mol. The molecule has 1 saturated carbocycles. The Balaban J connectivity index is 2.40. The summed E-state index contributed by atoms with van der Waals surface area (Å²) in [4.78, 5) is 11.0. The van der Waals surface area contributed by atoms with E-state index in [-0.39, 0.29) is 17.2 Å². The minimum Gasteiger partial charge on any atom is -0.508 e. The molecule has 0 aliphatic heterocycles.